The third-order valence-electron chi connectivity index (χ3n) is 8.47. The van der Waals surface area contributed by atoms with Gasteiger partial charge in [0.2, 0.25) is 0 Å². The van der Waals surface area contributed by atoms with Gasteiger partial charge in [-0.1, -0.05) is 0 Å². The van der Waals surface area contributed by atoms with Crippen LogP contribution in [-0.4, -0.2) is 62.3 Å². The SMILES string of the molecule is O=S(=O)([O-])c1ccc2c(c1)C1=NC2=Nc2c3c[c-]ccc3c3[n]2[In]([Cl])[n]2c(c4ccccc4c2=NC2=NC(=N3)c3c[c-]ccc32)=N1.[Na+].[Na+].[Na+]. The van der Waals surface area contributed by atoms with Gasteiger partial charge in [-0.2, -0.15) is 0 Å². The molecule has 4 aliphatic rings. The Morgan fingerprint density at radius 1 is 0.612 bits per heavy atom. The van der Waals surface area contributed by atoms with E-state index in [-0.39, 0.29) is 99.4 Å². The van der Waals surface area contributed by atoms with Crippen molar-refractivity contribution >= 4 is 96.0 Å². The van der Waals surface area contributed by atoms with Crippen molar-refractivity contribution < 1.29 is 102 Å². The molecule has 0 fully saturated rings. The fourth-order valence-electron chi connectivity index (χ4n) is 6.43. The Bertz CT molecular complexity index is 2830. The van der Waals surface area contributed by atoms with E-state index in [4.69, 9.17) is 38.5 Å². The predicted octanol–water partition coefficient (Wildman–Crippen LogP) is -5.32. The van der Waals surface area contributed by atoms with Crippen molar-refractivity contribution in [3.8, 4) is 0 Å². The summed E-state index contributed by atoms with van der Waals surface area (Å²) in [5.74, 6) is 2.65. The Kier molecular flexibility index (Phi) is 9.52. The molecule has 0 saturated heterocycles. The first-order valence-electron chi connectivity index (χ1n) is 14.1. The number of halogens is 1. The van der Waals surface area contributed by atoms with Crippen LogP contribution in [0.15, 0.2) is 114 Å². The molecule has 6 aromatic rings. The number of rotatable bonds is 1. The topological polar surface area (TPSA) is 141 Å². The monoisotopic (exact) mass is 808 g/mol. The number of aromatic nitrogens is 2. The summed E-state index contributed by atoms with van der Waals surface area (Å²) < 4.78 is 40.2. The summed E-state index contributed by atoms with van der Waals surface area (Å²) in [6, 6.07) is 29.4. The van der Waals surface area contributed by atoms with Gasteiger partial charge in [0.15, 0.2) is 0 Å². The van der Waals surface area contributed by atoms with Crippen molar-refractivity contribution in [2.24, 2.45) is 30.0 Å². The van der Waals surface area contributed by atoms with Crippen LogP contribution in [0.2, 0.25) is 0 Å². The Morgan fingerprint density at radius 3 is 1.88 bits per heavy atom. The van der Waals surface area contributed by atoms with Crippen LogP contribution in [0.1, 0.15) is 22.3 Å². The van der Waals surface area contributed by atoms with Crippen molar-refractivity contribution in [1.29, 1.82) is 0 Å². The molecule has 10 rings (SSSR count). The molecule has 0 amide bonds. The van der Waals surface area contributed by atoms with Crippen molar-refractivity contribution in [2.75, 3.05) is 0 Å². The number of hydrogen-bond acceptors (Lipinski definition) is 9. The molecule has 2 aromatic heterocycles. The smallest absolute Gasteiger partial charge is 1.00 e. The molecule has 6 heterocycles. The molecule has 0 atom stereocenters. The van der Waals surface area contributed by atoms with Crippen LogP contribution in [0.3, 0.4) is 0 Å². The molecule has 11 nitrogen and oxygen atoms in total. The molecular formula is C32H13ClInN8Na3O3S. The van der Waals surface area contributed by atoms with Crippen molar-refractivity contribution in [1.82, 2.24) is 5.11 Å². The third-order valence-corrected chi connectivity index (χ3v) is 17.1. The number of amidine groups is 4. The zero-order valence-corrected chi connectivity index (χ0v) is 37.0. The molecule has 4 aliphatic heterocycles. The second-order valence-corrected chi connectivity index (χ2v) is 19.7. The van der Waals surface area contributed by atoms with E-state index in [0.717, 1.165) is 32.7 Å². The van der Waals surface area contributed by atoms with E-state index in [1.807, 2.05) is 65.8 Å². The van der Waals surface area contributed by atoms with Crippen LogP contribution in [0.25, 0.3) is 21.5 Å². The molecule has 0 saturated carbocycles. The maximum atomic E-state index is 12.1. The fourth-order valence-corrected chi connectivity index (χ4v) is 14.6. The summed E-state index contributed by atoms with van der Waals surface area (Å²) in [7, 11) is 3.02. The number of benzene rings is 4. The van der Waals surface area contributed by atoms with Gasteiger partial charge in [-0.05, 0) is 0 Å². The molecule has 0 aliphatic carbocycles. The molecule has 6 bridgehead atoms. The second-order valence-electron chi connectivity index (χ2n) is 11.0. The van der Waals surface area contributed by atoms with Gasteiger partial charge >= 0.3 is 362 Å². The number of fused-ring (bicyclic) bond motifs is 14. The van der Waals surface area contributed by atoms with Crippen molar-refractivity contribution in [3.63, 3.8) is 0 Å². The van der Waals surface area contributed by atoms with E-state index in [0.29, 0.717) is 51.2 Å². The Hall–Kier alpha value is -1.69. The Morgan fingerprint density at radius 2 is 1.18 bits per heavy atom. The Labute approximate surface area is 356 Å². The Balaban J connectivity index is 0.00000126. The quantitative estimate of drug-likeness (QED) is 0.0932. The van der Waals surface area contributed by atoms with Crippen LogP contribution in [0.4, 0.5) is 11.6 Å². The first kappa shape index (κ1) is 35.7. The number of nitrogens with zero attached hydrogens (tertiary/aromatic N) is 8. The maximum Gasteiger partial charge on any atom is 1.00 e. The predicted molar refractivity (Wildman–Crippen MR) is 173 cm³/mol. The van der Waals surface area contributed by atoms with Crippen LogP contribution in [0, 0.1) is 12.1 Å². The van der Waals surface area contributed by atoms with E-state index in [1.54, 1.807) is 6.07 Å². The number of hydrogen-bond donors (Lipinski definition) is 0. The van der Waals surface area contributed by atoms with E-state index in [1.165, 1.54) is 12.1 Å². The summed E-state index contributed by atoms with van der Waals surface area (Å²) in [6.07, 6.45) is 0. The molecule has 0 N–H and O–H groups in total. The van der Waals surface area contributed by atoms with Crippen molar-refractivity contribution in [2.45, 2.75) is 4.90 Å². The van der Waals surface area contributed by atoms with E-state index in [2.05, 4.69) is 12.1 Å². The minimum absolute atomic E-state index is 0. The van der Waals surface area contributed by atoms with Gasteiger partial charge in [0, 0.05) is 0 Å². The van der Waals surface area contributed by atoms with E-state index < -0.39 is 30.9 Å². The second kappa shape index (κ2) is 13.1. The zero-order valence-electron chi connectivity index (χ0n) is 26.2. The normalized spacial score (nSPS) is 14.8. The fraction of sp³-hybridized carbons (Fsp3) is 0. The standard InChI is InChI=1S/C32H14N8O3S.ClH.In.3Na/c41-44(42,43)16-13-14-23-24(15-16)32-39-30-22-12-6-5-11-21(22)28(37-30)35-26-18-8-2-1-7-17(18)25(33-26)34-27-19-9-3-4-10-20(19)29(36-27)38-31(23)40-32;;;;;/h2-3,5-15H,(H-2,33,34,35,36,37,38,39,40,41,42,43);1H;;;;/q-4;;+3;3*+1/p-2. The van der Waals surface area contributed by atoms with Gasteiger partial charge in [-0.3, -0.25) is 0 Å². The molecular weight excluding hydrogens is 796 g/mol. The summed E-state index contributed by atoms with van der Waals surface area (Å²) >= 11 is -3.91. The van der Waals surface area contributed by atoms with Gasteiger partial charge in [-0.15, -0.1) is 0 Å². The average Bonchev–Trinajstić information content (AvgIpc) is 3.77. The molecule has 17 heteroatoms. The van der Waals surface area contributed by atoms with E-state index in [9.17, 15) is 13.0 Å². The first-order valence-corrected chi connectivity index (χ1v) is 22.6. The van der Waals surface area contributed by atoms with Crippen LogP contribution < -0.4 is 99.6 Å². The molecule has 218 valence electrons. The van der Waals surface area contributed by atoms with Crippen LogP contribution in [0.5, 0.6) is 0 Å². The number of aliphatic imine (C=N–C) groups is 4. The summed E-state index contributed by atoms with van der Waals surface area (Å²) in [5.41, 5.74) is 3.64. The minimum Gasteiger partial charge on any atom is 1.00 e. The van der Waals surface area contributed by atoms with Gasteiger partial charge in [0.25, 0.3) is 0 Å². The van der Waals surface area contributed by atoms with E-state index >= 15 is 0 Å². The van der Waals surface area contributed by atoms with Gasteiger partial charge in [0.1, 0.15) is 0 Å². The molecule has 0 spiro atoms. The van der Waals surface area contributed by atoms with Gasteiger partial charge in [-0.25, -0.2) is 0 Å². The van der Waals surface area contributed by atoms with Gasteiger partial charge < -0.3 is 0 Å². The summed E-state index contributed by atoms with van der Waals surface area (Å²) in [4.78, 5) is 29.8. The van der Waals surface area contributed by atoms with Crippen LogP contribution in [-0.2, 0) is 10.1 Å². The zero-order chi connectivity index (χ0) is 30.9. The average molecular weight is 809 g/mol. The first-order chi connectivity index (χ1) is 22.3. The van der Waals surface area contributed by atoms with Crippen molar-refractivity contribution in [3.05, 3.63) is 124 Å². The molecule has 4 aromatic carbocycles. The minimum atomic E-state index is -4.75. The maximum absolute atomic E-state index is 12.1. The van der Waals surface area contributed by atoms with Crippen LogP contribution >= 0.6 is 8.58 Å². The largest absolute Gasteiger partial charge is 1.00 e. The summed E-state index contributed by atoms with van der Waals surface area (Å²) in [6.45, 7) is 0. The molecule has 0 radical (unpaired) electrons. The summed E-state index contributed by atoms with van der Waals surface area (Å²) in [5, 5.41) is 3.16. The molecule has 0 unspecified atom stereocenters. The molecule has 49 heavy (non-hydrogen) atoms. The van der Waals surface area contributed by atoms with Gasteiger partial charge in [0.05, 0.1) is 0 Å². The third kappa shape index (κ3) is 5.35.